The summed E-state index contributed by atoms with van der Waals surface area (Å²) in [5.41, 5.74) is 6.82. The number of rotatable bonds is 3. The SMILES string of the molecule is COC(=O)C(N)c1ccc(F)cc1N(C)C. The van der Waals surface area contributed by atoms with E-state index in [1.165, 1.54) is 25.3 Å². The van der Waals surface area contributed by atoms with Crippen molar-refractivity contribution < 1.29 is 13.9 Å². The summed E-state index contributed by atoms with van der Waals surface area (Å²) in [6.07, 6.45) is 0. The molecule has 88 valence electrons. The van der Waals surface area contributed by atoms with Crippen molar-refractivity contribution in [3.8, 4) is 0 Å². The maximum atomic E-state index is 13.1. The minimum absolute atomic E-state index is 0.371. The molecule has 0 heterocycles. The number of hydrogen-bond donors (Lipinski definition) is 1. The number of ether oxygens (including phenoxy) is 1. The Kier molecular flexibility index (Phi) is 3.84. The zero-order valence-corrected chi connectivity index (χ0v) is 9.53. The van der Waals surface area contributed by atoms with Crippen LogP contribution in [0.3, 0.4) is 0 Å². The Morgan fingerprint density at radius 2 is 2.12 bits per heavy atom. The van der Waals surface area contributed by atoms with Gasteiger partial charge in [0.05, 0.1) is 7.11 Å². The molecule has 1 unspecified atom stereocenters. The van der Waals surface area contributed by atoms with Crippen LogP contribution in [0.5, 0.6) is 0 Å². The van der Waals surface area contributed by atoms with Crippen LogP contribution < -0.4 is 10.6 Å². The van der Waals surface area contributed by atoms with E-state index in [0.29, 0.717) is 11.3 Å². The molecule has 2 N–H and O–H groups in total. The third kappa shape index (κ3) is 2.49. The molecule has 1 aromatic carbocycles. The Morgan fingerprint density at radius 1 is 1.50 bits per heavy atom. The number of anilines is 1. The quantitative estimate of drug-likeness (QED) is 0.783. The number of carbonyl (C=O) groups is 1. The van der Waals surface area contributed by atoms with E-state index in [1.54, 1.807) is 19.0 Å². The standard InChI is InChI=1S/C11H15FN2O2/c1-14(2)9-6-7(12)4-5-8(9)10(13)11(15)16-3/h4-6,10H,13H2,1-3H3. The summed E-state index contributed by atoms with van der Waals surface area (Å²) in [4.78, 5) is 13.0. The highest BCUT2D eigenvalue weighted by Crippen LogP contribution is 2.25. The summed E-state index contributed by atoms with van der Waals surface area (Å²) in [5.74, 6) is -0.917. The summed E-state index contributed by atoms with van der Waals surface area (Å²) >= 11 is 0. The van der Waals surface area contributed by atoms with Gasteiger partial charge in [-0.1, -0.05) is 6.07 Å². The lowest BCUT2D eigenvalue weighted by molar-refractivity contribution is -0.142. The summed E-state index contributed by atoms with van der Waals surface area (Å²) in [5, 5.41) is 0. The molecule has 0 amide bonds. The molecule has 0 aliphatic heterocycles. The Balaban J connectivity index is 3.17. The molecular weight excluding hydrogens is 211 g/mol. The van der Waals surface area contributed by atoms with Gasteiger partial charge in [0.1, 0.15) is 11.9 Å². The number of carbonyl (C=O) groups excluding carboxylic acids is 1. The molecular formula is C11H15FN2O2. The lowest BCUT2D eigenvalue weighted by atomic mass is 10.0. The first-order valence-corrected chi connectivity index (χ1v) is 4.77. The van der Waals surface area contributed by atoms with Gasteiger partial charge in [-0.15, -0.1) is 0 Å². The molecule has 0 aliphatic rings. The van der Waals surface area contributed by atoms with Crippen LogP contribution in [0.25, 0.3) is 0 Å². The van der Waals surface area contributed by atoms with E-state index < -0.39 is 12.0 Å². The van der Waals surface area contributed by atoms with Crippen molar-refractivity contribution in [2.45, 2.75) is 6.04 Å². The molecule has 1 aromatic rings. The van der Waals surface area contributed by atoms with Crippen molar-refractivity contribution in [3.63, 3.8) is 0 Å². The van der Waals surface area contributed by atoms with Gasteiger partial charge in [-0.25, -0.2) is 4.39 Å². The van der Waals surface area contributed by atoms with Crippen molar-refractivity contribution in [1.29, 1.82) is 0 Å². The van der Waals surface area contributed by atoms with Crippen LogP contribution in [0.1, 0.15) is 11.6 Å². The fourth-order valence-electron chi connectivity index (χ4n) is 1.42. The van der Waals surface area contributed by atoms with Crippen LogP contribution in [0, 0.1) is 5.82 Å². The number of halogens is 1. The third-order valence-electron chi connectivity index (χ3n) is 2.26. The third-order valence-corrected chi connectivity index (χ3v) is 2.26. The molecule has 5 heteroatoms. The van der Waals surface area contributed by atoms with Crippen molar-refractivity contribution in [2.24, 2.45) is 5.73 Å². The lowest BCUT2D eigenvalue weighted by Gasteiger charge is -2.20. The van der Waals surface area contributed by atoms with Gasteiger partial charge in [0, 0.05) is 25.3 Å². The summed E-state index contributed by atoms with van der Waals surface area (Å²) in [7, 11) is 4.77. The Hall–Kier alpha value is -1.62. The van der Waals surface area contributed by atoms with Crippen LogP contribution >= 0.6 is 0 Å². The molecule has 0 saturated heterocycles. The van der Waals surface area contributed by atoms with Crippen molar-refractivity contribution in [3.05, 3.63) is 29.6 Å². The van der Waals surface area contributed by atoms with E-state index in [-0.39, 0.29) is 5.82 Å². The van der Waals surface area contributed by atoms with Gasteiger partial charge in [-0.05, 0) is 12.1 Å². The summed E-state index contributed by atoms with van der Waals surface area (Å²) in [6, 6.07) is 3.19. The summed E-state index contributed by atoms with van der Waals surface area (Å²) in [6.45, 7) is 0. The molecule has 1 rings (SSSR count). The van der Waals surface area contributed by atoms with E-state index in [0.717, 1.165) is 0 Å². The normalized spacial score (nSPS) is 12.1. The van der Waals surface area contributed by atoms with Gasteiger partial charge in [0.25, 0.3) is 0 Å². The fraction of sp³-hybridized carbons (Fsp3) is 0.364. The van der Waals surface area contributed by atoms with Crippen molar-refractivity contribution in [2.75, 3.05) is 26.1 Å². The Bertz CT molecular complexity index is 394. The monoisotopic (exact) mass is 226 g/mol. The predicted molar refractivity (Wildman–Crippen MR) is 59.7 cm³/mol. The lowest BCUT2D eigenvalue weighted by Crippen LogP contribution is -2.25. The van der Waals surface area contributed by atoms with E-state index in [2.05, 4.69) is 4.74 Å². The second-order valence-electron chi connectivity index (χ2n) is 3.60. The number of nitrogens with zero attached hydrogens (tertiary/aromatic N) is 1. The second kappa shape index (κ2) is 4.94. The first-order chi connectivity index (χ1) is 7.47. The molecule has 0 bridgehead atoms. The molecule has 16 heavy (non-hydrogen) atoms. The predicted octanol–water partition coefficient (Wildman–Crippen LogP) is 1.06. The largest absolute Gasteiger partial charge is 0.468 e. The maximum absolute atomic E-state index is 13.1. The molecule has 0 aromatic heterocycles. The number of esters is 1. The average Bonchev–Trinajstić information content (AvgIpc) is 2.26. The number of nitrogens with two attached hydrogens (primary N) is 1. The Morgan fingerprint density at radius 3 is 2.62 bits per heavy atom. The molecule has 0 aliphatic carbocycles. The Labute approximate surface area is 93.8 Å². The zero-order chi connectivity index (χ0) is 12.3. The minimum Gasteiger partial charge on any atom is -0.468 e. The number of hydrogen-bond acceptors (Lipinski definition) is 4. The van der Waals surface area contributed by atoms with Crippen LogP contribution in [0.4, 0.5) is 10.1 Å². The van der Waals surface area contributed by atoms with E-state index in [4.69, 9.17) is 5.73 Å². The van der Waals surface area contributed by atoms with Crippen molar-refractivity contribution in [1.82, 2.24) is 0 Å². The van der Waals surface area contributed by atoms with E-state index >= 15 is 0 Å². The zero-order valence-electron chi connectivity index (χ0n) is 9.53. The highest BCUT2D eigenvalue weighted by Gasteiger charge is 2.20. The first-order valence-electron chi connectivity index (χ1n) is 4.77. The highest BCUT2D eigenvalue weighted by molar-refractivity contribution is 5.80. The van der Waals surface area contributed by atoms with Crippen LogP contribution in [-0.2, 0) is 9.53 Å². The molecule has 0 radical (unpaired) electrons. The number of methoxy groups -OCH3 is 1. The molecule has 0 spiro atoms. The van der Waals surface area contributed by atoms with Gasteiger partial charge in [0.15, 0.2) is 0 Å². The van der Waals surface area contributed by atoms with Gasteiger partial charge in [-0.3, -0.25) is 4.79 Å². The molecule has 0 fully saturated rings. The van der Waals surface area contributed by atoms with E-state index in [9.17, 15) is 9.18 Å². The average molecular weight is 226 g/mol. The minimum atomic E-state index is -0.900. The van der Waals surface area contributed by atoms with Gasteiger partial charge >= 0.3 is 5.97 Å². The second-order valence-corrected chi connectivity index (χ2v) is 3.60. The van der Waals surface area contributed by atoms with Gasteiger partial charge in [0.2, 0.25) is 0 Å². The van der Waals surface area contributed by atoms with Crippen LogP contribution in [-0.4, -0.2) is 27.2 Å². The highest BCUT2D eigenvalue weighted by atomic mass is 19.1. The molecule has 1 atom stereocenters. The van der Waals surface area contributed by atoms with Crippen LogP contribution in [0.15, 0.2) is 18.2 Å². The molecule has 0 saturated carbocycles. The maximum Gasteiger partial charge on any atom is 0.327 e. The van der Waals surface area contributed by atoms with Gasteiger partial charge in [-0.2, -0.15) is 0 Å². The number of benzene rings is 1. The van der Waals surface area contributed by atoms with E-state index in [1.807, 2.05) is 0 Å². The van der Waals surface area contributed by atoms with Crippen LogP contribution in [0.2, 0.25) is 0 Å². The van der Waals surface area contributed by atoms with Crippen molar-refractivity contribution >= 4 is 11.7 Å². The topological polar surface area (TPSA) is 55.6 Å². The molecule has 4 nitrogen and oxygen atoms in total. The summed E-state index contributed by atoms with van der Waals surface area (Å²) < 4.78 is 17.6. The smallest absolute Gasteiger partial charge is 0.327 e. The fourth-order valence-corrected chi connectivity index (χ4v) is 1.42. The van der Waals surface area contributed by atoms with Gasteiger partial charge < -0.3 is 15.4 Å². The first kappa shape index (κ1) is 12.4.